The average molecular weight is 417 g/mol. The number of aliphatic carboxylic acids is 1. The van der Waals surface area contributed by atoms with Crippen LogP contribution in [0.1, 0.15) is 104 Å². The standard InChI is InChI=1S/C23H44O4S/c1-23(2,3)16-10-6-7-11-18(24)17-28-21-15-14-20(25)19(21)12-8-4-5-9-13-22(26)27/h18-21,24-25H,4-17H2,1-3H3,(H,26,27). The minimum absolute atomic E-state index is 0.203. The van der Waals surface area contributed by atoms with Gasteiger partial charge in [0.15, 0.2) is 0 Å². The molecule has 1 rings (SSSR count). The van der Waals surface area contributed by atoms with Gasteiger partial charge in [0.2, 0.25) is 0 Å². The lowest BCUT2D eigenvalue weighted by atomic mass is 9.89. The summed E-state index contributed by atoms with van der Waals surface area (Å²) in [6, 6.07) is 0. The van der Waals surface area contributed by atoms with Crippen LogP contribution in [0, 0.1) is 11.3 Å². The molecule has 4 atom stereocenters. The minimum atomic E-state index is -0.713. The highest BCUT2D eigenvalue weighted by Crippen LogP contribution is 2.39. The van der Waals surface area contributed by atoms with Crippen molar-refractivity contribution in [3.8, 4) is 0 Å². The minimum Gasteiger partial charge on any atom is -0.481 e. The fraction of sp³-hybridized carbons (Fsp3) is 0.957. The summed E-state index contributed by atoms with van der Waals surface area (Å²) in [5, 5.41) is 29.8. The number of rotatable bonds is 15. The highest BCUT2D eigenvalue weighted by Gasteiger charge is 2.34. The summed E-state index contributed by atoms with van der Waals surface area (Å²) in [5.74, 6) is 0.407. The number of hydrogen-bond acceptors (Lipinski definition) is 4. The molecule has 28 heavy (non-hydrogen) atoms. The monoisotopic (exact) mass is 416 g/mol. The van der Waals surface area contributed by atoms with Crippen LogP contribution in [0.3, 0.4) is 0 Å². The van der Waals surface area contributed by atoms with Crippen LogP contribution in [-0.2, 0) is 4.79 Å². The maximum atomic E-state index is 10.5. The SMILES string of the molecule is CC(C)(C)CCCCCC(O)CSC1CCC(O)C1CCCCCCC(=O)O. The van der Waals surface area contributed by atoms with Gasteiger partial charge in [0.1, 0.15) is 0 Å². The van der Waals surface area contributed by atoms with Crippen LogP contribution in [0.4, 0.5) is 0 Å². The Bertz CT molecular complexity index is 421. The van der Waals surface area contributed by atoms with E-state index in [4.69, 9.17) is 5.11 Å². The fourth-order valence-corrected chi connectivity index (χ4v) is 5.64. The molecule has 0 heterocycles. The van der Waals surface area contributed by atoms with Gasteiger partial charge in [-0.3, -0.25) is 4.79 Å². The Morgan fingerprint density at radius 2 is 1.71 bits per heavy atom. The van der Waals surface area contributed by atoms with Gasteiger partial charge >= 0.3 is 5.97 Å². The summed E-state index contributed by atoms with van der Waals surface area (Å²) in [6.45, 7) is 6.84. The van der Waals surface area contributed by atoms with E-state index < -0.39 is 5.97 Å². The first-order chi connectivity index (χ1) is 13.2. The first-order valence-corrected chi connectivity index (χ1v) is 12.4. The lowest BCUT2D eigenvalue weighted by Gasteiger charge is -2.23. The molecular formula is C23H44O4S. The van der Waals surface area contributed by atoms with Gasteiger partial charge in [-0.2, -0.15) is 11.8 Å². The Labute approximate surface area is 176 Å². The first kappa shape index (κ1) is 25.8. The van der Waals surface area contributed by atoms with E-state index in [0.29, 0.717) is 16.6 Å². The molecule has 3 N–H and O–H groups in total. The van der Waals surface area contributed by atoms with Gasteiger partial charge in [-0.25, -0.2) is 0 Å². The van der Waals surface area contributed by atoms with Crippen molar-refractivity contribution in [2.45, 2.75) is 122 Å². The predicted octanol–water partition coefficient (Wildman–Crippen LogP) is 5.64. The predicted molar refractivity (Wildman–Crippen MR) is 119 cm³/mol. The molecule has 1 saturated carbocycles. The van der Waals surface area contributed by atoms with Crippen molar-refractivity contribution in [1.29, 1.82) is 0 Å². The van der Waals surface area contributed by atoms with Gasteiger partial charge in [-0.05, 0) is 49.9 Å². The third-order valence-corrected chi connectivity index (χ3v) is 7.45. The zero-order chi connectivity index (χ0) is 21.0. The Kier molecular flexibility index (Phi) is 12.8. The summed E-state index contributed by atoms with van der Waals surface area (Å²) in [7, 11) is 0. The molecule has 0 aromatic rings. The fourth-order valence-electron chi connectivity index (χ4n) is 4.14. The van der Waals surface area contributed by atoms with Crippen LogP contribution in [0.5, 0.6) is 0 Å². The Hall–Kier alpha value is -0.260. The molecular weight excluding hydrogens is 372 g/mol. The molecule has 166 valence electrons. The molecule has 1 fully saturated rings. The van der Waals surface area contributed by atoms with Crippen LogP contribution in [0.25, 0.3) is 0 Å². The topological polar surface area (TPSA) is 77.8 Å². The average Bonchev–Trinajstić information content (AvgIpc) is 2.94. The molecule has 1 aliphatic carbocycles. The largest absolute Gasteiger partial charge is 0.481 e. The number of carboxylic acids is 1. The highest BCUT2D eigenvalue weighted by atomic mass is 32.2. The van der Waals surface area contributed by atoms with E-state index in [-0.39, 0.29) is 18.6 Å². The summed E-state index contributed by atoms with van der Waals surface area (Å²) in [6.07, 6.45) is 12.3. The van der Waals surface area contributed by atoms with Crippen LogP contribution in [0.2, 0.25) is 0 Å². The van der Waals surface area contributed by atoms with Crippen molar-refractivity contribution in [1.82, 2.24) is 0 Å². The summed E-state index contributed by atoms with van der Waals surface area (Å²) < 4.78 is 0. The van der Waals surface area contributed by atoms with Gasteiger partial charge in [-0.1, -0.05) is 59.3 Å². The van der Waals surface area contributed by atoms with Gasteiger partial charge in [0.25, 0.3) is 0 Å². The molecule has 0 spiro atoms. The van der Waals surface area contributed by atoms with E-state index in [1.165, 1.54) is 19.3 Å². The quantitative estimate of drug-likeness (QED) is 0.301. The number of carboxylic acid groups (broad SMARTS) is 1. The van der Waals surface area contributed by atoms with Gasteiger partial charge in [0.05, 0.1) is 12.2 Å². The highest BCUT2D eigenvalue weighted by molar-refractivity contribution is 7.99. The van der Waals surface area contributed by atoms with Crippen molar-refractivity contribution in [2.75, 3.05) is 5.75 Å². The molecule has 0 saturated heterocycles. The molecule has 0 radical (unpaired) electrons. The van der Waals surface area contributed by atoms with E-state index in [9.17, 15) is 15.0 Å². The summed E-state index contributed by atoms with van der Waals surface area (Å²) >= 11 is 1.86. The van der Waals surface area contributed by atoms with Crippen molar-refractivity contribution in [3.63, 3.8) is 0 Å². The van der Waals surface area contributed by atoms with Gasteiger partial charge in [0, 0.05) is 17.4 Å². The van der Waals surface area contributed by atoms with Gasteiger partial charge < -0.3 is 15.3 Å². The zero-order valence-electron chi connectivity index (χ0n) is 18.4. The molecule has 1 aliphatic rings. The second kappa shape index (κ2) is 13.9. The second-order valence-corrected chi connectivity index (χ2v) is 11.1. The van der Waals surface area contributed by atoms with E-state index in [1.54, 1.807) is 0 Å². The summed E-state index contributed by atoms with van der Waals surface area (Å²) in [5.41, 5.74) is 0.406. The van der Waals surface area contributed by atoms with E-state index in [0.717, 1.165) is 63.5 Å². The van der Waals surface area contributed by atoms with Crippen molar-refractivity contribution >= 4 is 17.7 Å². The van der Waals surface area contributed by atoms with Crippen LogP contribution >= 0.6 is 11.8 Å². The van der Waals surface area contributed by atoms with E-state index in [2.05, 4.69) is 20.8 Å². The van der Waals surface area contributed by atoms with E-state index in [1.807, 2.05) is 11.8 Å². The second-order valence-electron chi connectivity index (χ2n) is 9.84. The maximum absolute atomic E-state index is 10.5. The van der Waals surface area contributed by atoms with Crippen molar-refractivity contribution in [3.05, 3.63) is 0 Å². The van der Waals surface area contributed by atoms with Crippen LogP contribution < -0.4 is 0 Å². The molecule has 0 amide bonds. The van der Waals surface area contributed by atoms with E-state index >= 15 is 0 Å². The zero-order valence-corrected chi connectivity index (χ0v) is 19.2. The number of unbranched alkanes of at least 4 members (excludes halogenated alkanes) is 5. The first-order valence-electron chi connectivity index (χ1n) is 11.4. The Morgan fingerprint density at radius 3 is 2.39 bits per heavy atom. The molecule has 0 aromatic heterocycles. The van der Waals surface area contributed by atoms with Crippen molar-refractivity contribution < 1.29 is 20.1 Å². The number of hydrogen-bond donors (Lipinski definition) is 3. The molecule has 5 heteroatoms. The lowest BCUT2D eigenvalue weighted by molar-refractivity contribution is -0.137. The third-order valence-electron chi connectivity index (χ3n) is 5.86. The molecule has 4 unspecified atom stereocenters. The number of aliphatic hydroxyl groups is 2. The Morgan fingerprint density at radius 1 is 1.04 bits per heavy atom. The number of thioether (sulfide) groups is 1. The molecule has 0 aliphatic heterocycles. The van der Waals surface area contributed by atoms with Crippen molar-refractivity contribution in [2.24, 2.45) is 11.3 Å². The smallest absolute Gasteiger partial charge is 0.303 e. The normalized spacial score (nSPS) is 23.8. The Balaban J connectivity index is 2.14. The van der Waals surface area contributed by atoms with Gasteiger partial charge in [-0.15, -0.1) is 0 Å². The number of carbonyl (C=O) groups is 1. The number of aliphatic hydroxyl groups excluding tert-OH is 2. The molecule has 0 aromatic carbocycles. The molecule has 0 bridgehead atoms. The maximum Gasteiger partial charge on any atom is 0.303 e. The van der Waals surface area contributed by atoms with Crippen LogP contribution in [0.15, 0.2) is 0 Å². The third kappa shape index (κ3) is 12.3. The summed E-state index contributed by atoms with van der Waals surface area (Å²) in [4.78, 5) is 10.5. The molecule has 4 nitrogen and oxygen atoms in total. The van der Waals surface area contributed by atoms with Crippen LogP contribution in [-0.4, -0.2) is 44.5 Å². The lowest BCUT2D eigenvalue weighted by Crippen LogP contribution is -2.22.